The van der Waals surface area contributed by atoms with Crippen molar-refractivity contribution in [2.75, 3.05) is 11.9 Å². The summed E-state index contributed by atoms with van der Waals surface area (Å²) in [6.07, 6.45) is 4.00. The van der Waals surface area contributed by atoms with E-state index in [-0.39, 0.29) is 5.82 Å². The van der Waals surface area contributed by atoms with E-state index in [1.807, 2.05) is 19.9 Å². The number of aryl methyl sites for hydroxylation is 2. The van der Waals surface area contributed by atoms with E-state index in [2.05, 4.69) is 30.4 Å². The number of H-pyrrole nitrogens is 1. The van der Waals surface area contributed by atoms with Gasteiger partial charge in [0.15, 0.2) is 5.82 Å². The highest BCUT2D eigenvalue weighted by molar-refractivity contribution is 5.74. The molecule has 0 amide bonds. The zero-order chi connectivity index (χ0) is 18.1. The molecule has 0 unspecified atom stereocenters. The van der Waals surface area contributed by atoms with E-state index in [1.54, 1.807) is 23.1 Å². The Balaban J connectivity index is 1.44. The number of nitrogens with zero attached hydrogens (tertiary/aromatic N) is 5. The second-order valence-corrected chi connectivity index (χ2v) is 6.12. The summed E-state index contributed by atoms with van der Waals surface area (Å²) >= 11 is 0. The molecule has 132 valence electrons. The SMILES string of the molecule is Cc1cc(C)n(-c2cncc(NCCc3nc4ccc(F)cc4[nH]3)n2)n1. The zero-order valence-corrected chi connectivity index (χ0v) is 14.5. The Bertz CT molecular complexity index is 1070. The van der Waals surface area contributed by atoms with Crippen LogP contribution in [0.4, 0.5) is 10.2 Å². The number of hydrogen-bond acceptors (Lipinski definition) is 5. The first-order valence-electron chi connectivity index (χ1n) is 8.32. The lowest BCUT2D eigenvalue weighted by atomic mass is 10.3. The number of halogens is 1. The van der Waals surface area contributed by atoms with Crippen LogP contribution in [0.15, 0.2) is 36.7 Å². The van der Waals surface area contributed by atoms with Gasteiger partial charge in [-0.25, -0.2) is 19.0 Å². The highest BCUT2D eigenvalue weighted by atomic mass is 19.1. The van der Waals surface area contributed by atoms with Crippen LogP contribution in [0.3, 0.4) is 0 Å². The normalized spacial score (nSPS) is 11.2. The summed E-state index contributed by atoms with van der Waals surface area (Å²) in [5.74, 6) is 1.85. The Labute approximate surface area is 149 Å². The van der Waals surface area contributed by atoms with Gasteiger partial charge in [-0.2, -0.15) is 5.10 Å². The van der Waals surface area contributed by atoms with E-state index in [0.29, 0.717) is 30.1 Å². The lowest BCUT2D eigenvalue weighted by molar-refractivity contribution is 0.629. The van der Waals surface area contributed by atoms with Crippen molar-refractivity contribution in [2.45, 2.75) is 20.3 Å². The average molecular weight is 351 g/mol. The quantitative estimate of drug-likeness (QED) is 0.577. The summed E-state index contributed by atoms with van der Waals surface area (Å²) < 4.78 is 15.0. The number of rotatable bonds is 5. The molecule has 0 fully saturated rings. The van der Waals surface area contributed by atoms with Crippen molar-refractivity contribution in [1.29, 1.82) is 0 Å². The predicted molar refractivity (Wildman–Crippen MR) is 96.9 cm³/mol. The second kappa shape index (κ2) is 6.55. The van der Waals surface area contributed by atoms with Gasteiger partial charge in [-0.3, -0.25) is 4.98 Å². The number of benzene rings is 1. The molecule has 4 rings (SSSR count). The zero-order valence-electron chi connectivity index (χ0n) is 14.5. The average Bonchev–Trinajstić information content (AvgIpc) is 3.16. The van der Waals surface area contributed by atoms with E-state index in [0.717, 1.165) is 22.7 Å². The molecule has 3 aromatic heterocycles. The molecule has 8 heteroatoms. The fraction of sp³-hybridized carbons (Fsp3) is 0.222. The number of aromatic nitrogens is 6. The van der Waals surface area contributed by atoms with E-state index < -0.39 is 0 Å². The first-order valence-corrected chi connectivity index (χ1v) is 8.32. The molecule has 3 heterocycles. The summed E-state index contributed by atoms with van der Waals surface area (Å²) in [6, 6.07) is 6.52. The summed E-state index contributed by atoms with van der Waals surface area (Å²) in [4.78, 5) is 16.4. The Hall–Kier alpha value is -3.29. The Morgan fingerprint density at radius 2 is 2.04 bits per heavy atom. The molecule has 1 aromatic carbocycles. The minimum atomic E-state index is -0.276. The number of imidazole rings is 1. The monoisotopic (exact) mass is 351 g/mol. The van der Waals surface area contributed by atoms with Gasteiger partial charge in [0, 0.05) is 18.7 Å². The Morgan fingerprint density at radius 1 is 1.15 bits per heavy atom. The van der Waals surface area contributed by atoms with Gasteiger partial charge in [-0.05, 0) is 38.1 Å². The standard InChI is InChI=1S/C18H18FN7/c1-11-7-12(2)26(25-11)18-10-20-9-17(24-18)21-6-5-16-22-14-4-3-13(19)8-15(14)23-16/h3-4,7-10H,5-6H2,1-2H3,(H,21,24)(H,22,23). The van der Waals surface area contributed by atoms with Crippen LogP contribution in [0, 0.1) is 19.7 Å². The molecule has 0 saturated heterocycles. The van der Waals surface area contributed by atoms with Gasteiger partial charge in [0.05, 0.1) is 29.1 Å². The molecule has 4 aromatic rings. The van der Waals surface area contributed by atoms with E-state index in [1.165, 1.54) is 12.1 Å². The molecule has 0 spiro atoms. The molecule has 0 aliphatic rings. The van der Waals surface area contributed by atoms with Crippen molar-refractivity contribution < 1.29 is 4.39 Å². The van der Waals surface area contributed by atoms with Gasteiger partial charge in [-0.15, -0.1) is 0 Å². The molecular weight excluding hydrogens is 333 g/mol. The smallest absolute Gasteiger partial charge is 0.174 e. The maximum Gasteiger partial charge on any atom is 0.174 e. The van der Waals surface area contributed by atoms with Crippen molar-refractivity contribution in [3.8, 4) is 5.82 Å². The van der Waals surface area contributed by atoms with Crippen molar-refractivity contribution in [3.63, 3.8) is 0 Å². The third kappa shape index (κ3) is 3.26. The molecule has 0 radical (unpaired) electrons. The third-order valence-corrected chi connectivity index (χ3v) is 4.01. The number of anilines is 1. The van der Waals surface area contributed by atoms with Crippen LogP contribution in [0.5, 0.6) is 0 Å². The molecule has 7 nitrogen and oxygen atoms in total. The molecule has 26 heavy (non-hydrogen) atoms. The van der Waals surface area contributed by atoms with Crippen LogP contribution in [-0.4, -0.2) is 36.3 Å². The maximum absolute atomic E-state index is 13.2. The van der Waals surface area contributed by atoms with Gasteiger partial charge < -0.3 is 10.3 Å². The first-order chi connectivity index (χ1) is 12.6. The minimum absolute atomic E-state index is 0.276. The number of hydrogen-bond donors (Lipinski definition) is 2. The molecule has 0 atom stereocenters. The van der Waals surface area contributed by atoms with E-state index >= 15 is 0 Å². The predicted octanol–water partition coefficient (Wildman–Crippen LogP) is 2.95. The number of nitrogens with one attached hydrogen (secondary N) is 2. The Kier molecular flexibility index (Phi) is 4.08. The molecule has 0 aliphatic carbocycles. The van der Waals surface area contributed by atoms with Crippen LogP contribution in [0.25, 0.3) is 16.9 Å². The van der Waals surface area contributed by atoms with E-state index in [4.69, 9.17) is 0 Å². The number of aromatic amines is 1. The van der Waals surface area contributed by atoms with Crippen molar-refractivity contribution in [1.82, 2.24) is 29.7 Å². The maximum atomic E-state index is 13.2. The summed E-state index contributed by atoms with van der Waals surface area (Å²) in [5, 5.41) is 7.66. The van der Waals surface area contributed by atoms with Crippen LogP contribution in [0.2, 0.25) is 0 Å². The summed E-state index contributed by atoms with van der Waals surface area (Å²) in [7, 11) is 0. The fourth-order valence-corrected chi connectivity index (χ4v) is 2.87. The molecule has 2 N–H and O–H groups in total. The van der Waals surface area contributed by atoms with Gasteiger partial charge in [0.2, 0.25) is 0 Å². The lowest BCUT2D eigenvalue weighted by Crippen LogP contribution is -2.10. The number of fused-ring (bicyclic) bond motifs is 1. The first kappa shape index (κ1) is 16.2. The summed E-state index contributed by atoms with van der Waals surface area (Å²) in [5.41, 5.74) is 3.39. The topological polar surface area (TPSA) is 84.3 Å². The second-order valence-electron chi connectivity index (χ2n) is 6.12. The molecule has 0 saturated carbocycles. The van der Waals surface area contributed by atoms with Gasteiger partial charge in [-0.1, -0.05) is 0 Å². The minimum Gasteiger partial charge on any atom is -0.368 e. The largest absolute Gasteiger partial charge is 0.368 e. The fourth-order valence-electron chi connectivity index (χ4n) is 2.87. The molecule has 0 bridgehead atoms. The lowest BCUT2D eigenvalue weighted by Gasteiger charge is -2.07. The third-order valence-electron chi connectivity index (χ3n) is 4.01. The molecule has 0 aliphatic heterocycles. The summed E-state index contributed by atoms with van der Waals surface area (Å²) in [6.45, 7) is 4.54. The van der Waals surface area contributed by atoms with Crippen LogP contribution in [0.1, 0.15) is 17.2 Å². The highest BCUT2D eigenvalue weighted by Crippen LogP contribution is 2.14. The van der Waals surface area contributed by atoms with E-state index in [9.17, 15) is 4.39 Å². The Morgan fingerprint density at radius 3 is 2.85 bits per heavy atom. The van der Waals surface area contributed by atoms with Crippen molar-refractivity contribution in [3.05, 3.63) is 59.7 Å². The highest BCUT2D eigenvalue weighted by Gasteiger charge is 2.07. The van der Waals surface area contributed by atoms with Crippen LogP contribution >= 0.6 is 0 Å². The molecular formula is C18H18FN7. The van der Waals surface area contributed by atoms with Crippen LogP contribution in [-0.2, 0) is 6.42 Å². The van der Waals surface area contributed by atoms with Gasteiger partial charge >= 0.3 is 0 Å². The van der Waals surface area contributed by atoms with Gasteiger partial charge in [0.1, 0.15) is 17.5 Å². The van der Waals surface area contributed by atoms with Crippen molar-refractivity contribution in [2.24, 2.45) is 0 Å². The van der Waals surface area contributed by atoms with Crippen molar-refractivity contribution >= 4 is 16.9 Å². The van der Waals surface area contributed by atoms with Gasteiger partial charge in [0.25, 0.3) is 0 Å². The van der Waals surface area contributed by atoms with Crippen LogP contribution < -0.4 is 5.32 Å².